The Morgan fingerprint density at radius 1 is 1.30 bits per heavy atom. The van der Waals surface area contributed by atoms with Gasteiger partial charge in [-0.05, 0) is 49.9 Å². The molecule has 112 valence electrons. The highest BCUT2D eigenvalue weighted by molar-refractivity contribution is 7.90. The second-order valence-corrected chi connectivity index (χ2v) is 7.08. The maximum Gasteiger partial charge on any atom is 0.175 e. The SMILES string of the molecule is C=CCCCC(NCCC)c1ccc(S(C)(=O)=O)cc1. The maximum absolute atomic E-state index is 11.5. The third-order valence-corrected chi connectivity index (χ3v) is 4.38. The summed E-state index contributed by atoms with van der Waals surface area (Å²) in [6.07, 6.45) is 7.37. The lowest BCUT2D eigenvalue weighted by Gasteiger charge is -2.19. The second-order valence-electron chi connectivity index (χ2n) is 5.07. The van der Waals surface area contributed by atoms with Gasteiger partial charge in [-0.1, -0.05) is 25.1 Å². The van der Waals surface area contributed by atoms with Crippen molar-refractivity contribution in [3.63, 3.8) is 0 Å². The molecular formula is C16H25NO2S. The molecule has 1 N–H and O–H groups in total. The van der Waals surface area contributed by atoms with Crippen molar-refractivity contribution < 1.29 is 8.42 Å². The molecule has 0 heterocycles. The van der Waals surface area contributed by atoms with Crippen LogP contribution in [0.5, 0.6) is 0 Å². The van der Waals surface area contributed by atoms with Crippen LogP contribution in [0.15, 0.2) is 41.8 Å². The molecule has 4 heteroatoms. The van der Waals surface area contributed by atoms with Crippen LogP contribution < -0.4 is 5.32 Å². The Labute approximate surface area is 123 Å². The van der Waals surface area contributed by atoms with Gasteiger partial charge >= 0.3 is 0 Å². The van der Waals surface area contributed by atoms with Gasteiger partial charge in [-0.2, -0.15) is 0 Å². The van der Waals surface area contributed by atoms with Crippen molar-refractivity contribution in [2.24, 2.45) is 0 Å². The number of allylic oxidation sites excluding steroid dienone is 1. The van der Waals surface area contributed by atoms with Crippen LogP contribution in [-0.2, 0) is 9.84 Å². The van der Waals surface area contributed by atoms with Crippen LogP contribution in [0.25, 0.3) is 0 Å². The monoisotopic (exact) mass is 295 g/mol. The molecule has 20 heavy (non-hydrogen) atoms. The van der Waals surface area contributed by atoms with Crippen LogP contribution in [0.2, 0.25) is 0 Å². The first-order chi connectivity index (χ1) is 9.49. The van der Waals surface area contributed by atoms with Crippen LogP contribution >= 0.6 is 0 Å². The van der Waals surface area contributed by atoms with E-state index < -0.39 is 9.84 Å². The number of benzene rings is 1. The zero-order valence-corrected chi connectivity index (χ0v) is 13.2. The van der Waals surface area contributed by atoms with E-state index >= 15 is 0 Å². The van der Waals surface area contributed by atoms with E-state index in [9.17, 15) is 8.42 Å². The lowest BCUT2D eigenvalue weighted by Crippen LogP contribution is -2.22. The quantitative estimate of drug-likeness (QED) is 0.560. The molecule has 0 saturated heterocycles. The molecule has 0 bridgehead atoms. The van der Waals surface area contributed by atoms with Crippen molar-refractivity contribution in [3.05, 3.63) is 42.5 Å². The van der Waals surface area contributed by atoms with Gasteiger partial charge in [0.1, 0.15) is 0 Å². The molecule has 0 radical (unpaired) electrons. The first-order valence-electron chi connectivity index (χ1n) is 7.13. The minimum Gasteiger partial charge on any atom is -0.310 e. The number of sulfone groups is 1. The highest BCUT2D eigenvalue weighted by Gasteiger charge is 2.12. The third-order valence-electron chi connectivity index (χ3n) is 3.25. The lowest BCUT2D eigenvalue weighted by molar-refractivity contribution is 0.486. The summed E-state index contributed by atoms with van der Waals surface area (Å²) in [6, 6.07) is 7.50. The van der Waals surface area contributed by atoms with E-state index in [0.717, 1.165) is 37.8 Å². The molecule has 0 aliphatic rings. The van der Waals surface area contributed by atoms with E-state index in [1.807, 2.05) is 18.2 Å². The fraction of sp³-hybridized carbons (Fsp3) is 0.500. The zero-order valence-electron chi connectivity index (χ0n) is 12.4. The van der Waals surface area contributed by atoms with Gasteiger partial charge in [-0.25, -0.2) is 8.42 Å². The van der Waals surface area contributed by atoms with Crippen molar-refractivity contribution in [1.29, 1.82) is 0 Å². The molecule has 0 aliphatic heterocycles. The van der Waals surface area contributed by atoms with Gasteiger partial charge in [0, 0.05) is 12.3 Å². The fourth-order valence-electron chi connectivity index (χ4n) is 2.12. The molecule has 0 aliphatic carbocycles. The normalized spacial score (nSPS) is 13.1. The average molecular weight is 295 g/mol. The van der Waals surface area contributed by atoms with Crippen molar-refractivity contribution >= 4 is 9.84 Å². The number of hydrogen-bond donors (Lipinski definition) is 1. The van der Waals surface area contributed by atoms with E-state index in [1.165, 1.54) is 6.26 Å². The molecule has 1 unspecified atom stereocenters. The van der Waals surface area contributed by atoms with Crippen molar-refractivity contribution in [3.8, 4) is 0 Å². The summed E-state index contributed by atoms with van der Waals surface area (Å²) in [6.45, 7) is 6.85. The highest BCUT2D eigenvalue weighted by atomic mass is 32.2. The summed E-state index contributed by atoms with van der Waals surface area (Å²) in [4.78, 5) is 0.376. The lowest BCUT2D eigenvalue weighted by atomic mass is 10.0. The molecule has 1 aromatic rings. The van der Waals surface area contributed by atoms with E-state index in [1.54, 1.807) is 12.1 Å². The van der Waals surface area contributed by atoms with Gasteiger partial charge in [0.05, 0.1) is 4.90 Å². The molecular weight excluding hydrogens is 270 g/mol. The second kappa shape index (κ2) is 8.22. The summed E-state index contributed by atoms with van der Waals surface area (Å²) in [5.74, 6) is 0. The largest absolute Gasteiger partial charge is 0.310 e. The van der Waals surface area contributed by atoms with Crippen molar-refractivity contribution in [1.82, 2.24) is 5.32 Å². The predicted octanol–water partition coefficient (Wildman–Crippen LogP) is 3.49. The van der Waals surface area contributed by atoms with E-state index in [2.05, 4.69) is 18.8 Å². The fourth-order valence-corrected chi connectivity index (χ4v) is 2.75. The molecule has 1 atom stereocenters. The number of unbranched alkanes of at least 4 members (excludes halogenated alkanes) is 1. The Morgan fingerprint density at radius 3 is 2.45 bits per heavy atom. The van der Waals surface area contributed by atoms with E-state index in [4.69, 9.17) is 0 Å². The van der Waals surface area contributed by atoms with Gasteiger partial charge in [-0.3, -0.25) is 0 Å². The Hall–Kier alpha value is -1.13. The average Bonchev–Trinajstić information content (AvgIpc) is 2.42. The number of rotatable bonds is 9. The Bertz CT molecular complexity index is 506. The Balaban J connectivity index is 2.81. The molecule has 0 amide bonds. The summed E-state index contributed by atoms with van der Waals surface area (Å²) in [5.41, 5.74) is 1.15. The van der Waals surface area contributed by atoms with Gasteiger partial charge in [0.2, 0.25) is 0 Å². The highest BCUT2D eigenvalue weighted by Crippen LogP contribution is 2.21. The Kier molecular flexibility index (Phi) is 6.96. The zero-order chi connectivity index (χ0) is 15.0. The topological polar surface area (TPSA) is 46.2 Å². The van der Waals surface area contributed by atoms with Crippen LogP contribution in [0.1, 0.15) is 44.2 Å². The molecule has 0 spiro atoms. The summed E-state index contributed by atoms with van der Waals surface area (Å²) < 4.78 is 22.9. The van der Waals surface area contributed by atoms with Crippen molar-refractivity contribution in [2.75, 3.05) is 12.8 Å². The molecule has 0 saturated carbocycles. The smallest absolute Gasteiger partial charge is 0.175 e. The number of hydrogen-bond acceptors (Lipinski definition) is 3. The van der Waals surface area contributed by atoms with Gasteiger partial charge in [-0.15, -0.1) is 6.58 Å². The molecule has 0 fully saturated rings. The maximum atomic E-state index is 11.5. The molecule has 3 nitrogen and oxygen atoms in total. The molecule has 1 rings (SSSR count). The van der Waals surface area contributed by atoms with E-state index in [0.29, 0.717) is 4.90 Å². The predicted molar refractivity (Wildman–Crippen MR) is 84.6 cm³/mol. The van der Waals surface area contributed by atoms with Crippen molar-refractivity contribution in [2.45, 2.75) is 43.5 Å². The van der Waals surface area contributed by atoms with Crippen LogP contribution in [-0.4, -0.2) is 21.2 Å². The summed E-state index contributed by atoms with van der Waals surface area (Å²) >= 11 is 0. The first kappa shape index (κ1) is 16.9. The van der Waals surface area contributed by atoms with E-state index in [-0.39, 0.29) is 6.04 Å². The summed E-state index contributed by atoms with van der Waals surface area (Å²) in [5, 5.41) is 3.52. The minimum atomic E-state index is -3.12. The van der Waals surface area contributed by atoms with Crippen LogP contribution in [0, 0.1) is 0 Å². The third kappa shape index (κ3) is 5.47. The minimum absolute atomic E-state index is 0.281. The molecule has 0 aromatic heterocycles. The number of nitrogens with one attached hydrogen (secondary N) is 1. The van der Waals surface area contributed by atoms with Gasteiger partial charge in [0.25, 0.3) is 0 Å². The standard InChI is InChI=1S/C16H25NO2S/c1-4-6-7-8-16(17-13-5-2)14-9-11-15(12-10-14)20(3,18)19/h4,9-12,16-17H,1,5-8,13H2,2-3H3. The molecule has 1 aromatic carbocycles. The van der Waals surface area contributed by atoms with Crippen LogP contribution in [0.3, 0.4) is 0 Å². The summed E-state index contributed by atoms with van der Waals surface area (Å²) in [7, 11) is -3.12. The van der Waals surface area contributed by atoms with Gasteiger partial charge < -0.3 is 5.32 Å². The Morgan fingerprint density at radius 2 is 1.95 bits per heavy atom. The van der Waals surface area contributed by atoms with Crippen LogP contribution in [0.4, 0.5) is 0 Å². The van der Waals surface area contributed by atoms with Gasteiger partial charge in [0.15, 0.2) is 9.84 Å². The first-order valence-corrected chi connectivity index (χ1v) is 9.02.